The number of nitrogen functional groups attached to an aromatic ring is 1. The Balaban J connectivity index is 2.02. The fourth-order valence-electron chi connectivity index (χ4n) is 1.49. The molecule has 0 aliphatic carbocycles. The van der Waals surface area contributed by atoms with Gasteiger partial charge >= 0.3 is 0 Å². The zero-order valence-corrected chi connectivity index (χ0v) is 9.42. The Kier molecular flexibility index (Phi) is 2.97. The summed E-state index contributed by atoms with van der Waals surface area (Å²) in [7, 11) is 0. The maximum Gasteiger partial charge on any atom is 0.180 e. The molecule has 0 aliphatic heterocycles. The molecule has 78 valence electrons. The van der Waals surface area contributed by atoms with E-state index in [1.54, 1.807) is 17.5 Å². The molecule has 0 saturated heterocycles. The molecule has 2 aromatic rings. The smallest absolute Gasteiger partial charge is 0.180 e. The van der Waals surface area contributed by atoms with Gasteiger partial charge in [-0.1, -0.05) is 6.07 Å². The highest BCUT2D eigenvalue weighted by Crippen LogP contribution is 2.20. The summed E-state index contributed by atoms with van der Waals surface area (Å²) in [5.41, 5.74) is 8.00. The number of rotatable bonds is 3. The number of aryl methyl sites for hydroxylation is 3. The second-order valence-electron chi connectivity index (χ2n) is 3.42. The summed E-state index contributed by atoms with van der Waals surface area (Å²) in [5.74, 6) is 0. The van der Waals surface area contributed by atoms with Crippen molar-refractivity contribution in [3.63, 3.8) is 0 Å². The highest BCUT2D eigenvalue weighted by atomic mass is 32.1. The van der Waals surface area contributed by atoms with Crippen molar-refractivity contribution < 1.29 is 0 Å². The third kappa shape index (κ3) is 2.53. The molecule has 0 radical (unpaired) electrons. The third-order valence-corrected chi connectivity index (χ3v) is 3.12. The maximum absolute atomic E-state index is 5.64. The molecular formula is C11H13N3S. The van der Waals surface area contributed by atoms with Crippen LogP contribution in [0.5, 0.6) is 0 Å². The first-order chi connectivity index (χ1) is 7.25. The van der Waals surface area contributed by atoms with Crippen LogP contribution < -0.4 is 5.73 Å². The van der Waals surface area contributed by atoms with Gasteiger partial charge in [0.25, 0.3) is 0 Å². The van der Waals surface area contributed by atoms with Gasteiger partial charge in [0.15, 0.2) is 5.13 Å². The highest BCUT2D eigenvalue weighted by Gasteiger charge is 2.05. The number of anilines is 1. The topological polar surface area (TPSA) is 51.8 Å². The Morgan fingerprint density at radius 2 is 2.27 bits per heavy atom. The minimum atomic E-state index is 0.661. The molecule has 3 nitrogen and oxygen atoms in total. The van der Waals surface area contributed by atoms with E-state index in [9.17, 15) is 0 Å². The number of thiazole rings is 1. The van der Waals surface area contributed by atoms with E-state index in [0.29, 0.717) is 5.13 Å². The van der Waals surface area contributed by atoms with Crippen LogP contribution >= 0.6 is 11.3 Å². The SMILES string of the molecule is Cc1sc(N)nc1CCc1cccnc1. The Morgan fingerprint density at radius 1 is 1.40 bits per heavy atom. The number of pyridine rings is 1. The van der Waals surface area contributed by atoms with Crippen LogP contribution in [0.25, 0.3) is 0 Å². The van der Waals surface area contributed by atoms with E-state index in [-0.39, 0.29) is 0 Å². The van der Waals surface area contributed by atoms with Crippen molar-refractivity contribution in [2.75, 3.05) is 5.73 Å². The summed E-state index contributed by atoms with van der Waals surface area (Å²) in [6, 6.07) is 4.04. The molecule has 0 fully saturated rings. The Bertz CT molecular complexity index is 436. The first kappa shape index (κ1) is 10.1. The van der Waals surface area contributed by atoms with Gasteiger partial charge in [-0.3, -0.25) is 4.98 Å². The first-order valence-corrected chi connectivity index (χ1v) is 5.68. The van der Waals surface area contributed by atoms with Crippen molar-refractivity contribution in [3.8, 4) is 0 Å². The largest absolute Gasteiger partial charge is 0.375 e. The van der Waals surface area contributed by atoms with Gasteiger partial charge in [-0.2, -0.15) is 0 Å². The van der Waals surface area contributed by atoms with Crippen LogP contribution in [0.3, 0.4) is 0 Å². The van der Waals surface area contributed by atoms with E-state index >= 15 is 0 Å². The highest BCUT2D eigenvalue weighted by molar-refractivity contribution is 7.15. The second kappa shape index (κ2) is 4.40. The van der Waals surface area contributed by atoms with E-state index in [1.807, 2.05) is 12.3 Å². The van der Waals surface area contributed by atoms with Gasteiger partial charge in [-0.05, 0) is 31.4 Å². The molecule has 0 saturated carbocycles. The van der Waals surface area contributed by atoms with Gasteiger partial charge in [0.1, 0.15) is 0 Å². The van der Waals surface area contributed by atoms with Crippen molar-refractivity contribution in [2.45, 2.75) is 19.8 Å². The van der Waals surface area contributed by atoms with Crippen LogP contribution in [0, 0.1) is 6.92 Å². The van der Waals surface area contributed by atoms with Gasteiger partial charge in [-0.15, -0.1) is 11.3 Å². The van der Waals surface area contributed by atoms with E-state index in [4.69, 9.17) is 5.73 Å². The van der Waals surface area contributed by atoms with Crippen LogP contribution in [0.4, 0.5) is 5.13 Å². The van der Waals surface area contributed by atoms with Gasteiger partial charge < -0.3 is 5.73 Å². The lowest BCUT2D eigenvalue weighted by molar-refractivity contribution is 0.911. The van der Waals surface area contributed by atoms with Gasteiger partial charge in [0.05, 0.1) is 5.69 Å². The Hall–Kier alpha value is -1.42. The molecule has 2 heterocycles. The normalized spacial score (nSPS) is 10.5. The van der Waals surface area contributed by atoms with Crippen molar-refractivity contribution in [1.82, 2.24) is 9.97 Å². The minimum absolute atomic E-state index is 0.661. The summed E-state index contributed by atoms with van der Waals surface area (Å²) in [6.45, 7) is 2.06. The number of nitrogens with two attached hydrogens (primary N) is 1. The number of hydrogen-bond donors (Lipinski definition) is 1. The lowest BCUT2D eigenvalue weighted by Crippen LogP contribution is -1.94. The van der Waals surface area contributed by atoms with E-state index in [2.05, 4.69) is 23.0 Å². The average Bonchev–Trinajstić information content (AvgIpc) is 2.56. The lowest BCUT2D eigenvalue weighted by Gasteiger charge is -1.98. The summed E-state index contributed by atoms with van der Waals surface area (Å²) >= 11 is 1.56. The summed E-state index contributed by atoms with van der Waals surface area (Å²) < 4.78 is 0. The Morgan fingerprint density at radius 3 is 2.87 bits per heavy atom. The van der Waals surface area contributed by atoms with Gasteiger partial charge in [-0.25, -0.2) is 4.98 Å². The van der Waals surface area contributed by atoms with Crippen LogP contribution in [-0.4, -0.2) is 9.97 Å². The monoisotopic (exact) mass is 219 g/mol. The molecule has 4 heteroatoms. The quantitative estimate of drug-likeness (QED) is 0.861. The summed E-state index contributed by atoms with van der Waals surface area (Å²) in [6.07, 6.45) is 5.59. The van der Waals surface area contributed by atoms with E-state index in [1.165, 1.54) is 10.4 Å². The minimum Gasteiger partial charge on any atom is -0.375 e. The molecule has 15 heavy (non-hydrogen) atoms. The first-order valence-electron chi connectivity index (χ1n) is 4.86. The maximum atomic E-state index is 5.64. The summed E-state index contributed by atoms with van der Waals surface area (Å²) in [4.78, 5) is 9.60. The van der Waals surface area contributed by atoms with Crippen molar-refractivity contribution in [3.05, 3.63) is 40.7 Å². The molecular weight excluding hydrogens is 206 g/mol. The fraction of sp³-hybridized carbons (Fsp3) is 0.273. The number of nitrogens with zero attached hydrogens (tertiary/aromatic N) is 2. The average molecular weight is 219 g/mol. The van der Waals surface area contributed by atoms with Gasteiger partial charge in [0.2, 0.25) is 0 Å². The molecule has 2 aromatic heterocycles. The molecule has 0 atom stereocenters. The van der Waals surface area contributed by atoms with Crippen LogP contribution in [0.2, 0.25) is 0 Å². The zero-order valence-electron chi connectivity index (χ0n) is 8.60. The van der Waals surface area contributed by atoms with Gasteiger partial charge in [0, 0.05) is 17.3 Å². The molecule has 0 aromatic carbocycles. The van der Waals surface area contributed by atoms with Crippen molar-refractivity contribution in [2.24, 2.45) is 0 Å². The van der Waals surface area contributed by atoms with E-state index in [0.717, 1.165) is 18.5 Å². The Labute approximate surface area is 93.0 Å². The van der Waals surface area contributed by atoms with E-state index < -0.39 is 0 Å². The molecule has 0 amide bonds. The number of aromatic nitrogens is 2. The zero-order chi connectivity index (χ0) is 10.7. The molecule has 2 N–H and O–H groups in total. The van der Waals surface area contributed by atoms with Crippen LogP contribution in [0.15, 0.2) is 24.5 Å². The molecule has 0 unspecified atom stereocenters. The predicted octanol–water partition coefficient (Wildman–Crippen LogP) is 2.21. The summed E-state index contributed by atoms with van der Waals surface area (Å²) in [5, 5.41) is 0.661. The number of hydrogen-bond acceptors (Lipinski definition) is 4. The predicted molar refractivity (Wildman–Crippen MR) is 62.9 cm³/mol. The fourth-order valence-corrected chi connectivity index (χ4v) is 2.23. The molecule has 2 rings (SSSR count). The lowest BCUT2D eigenvalue weighted by atomic mass is 10.1. The van der Waals surface area contributed by atoms with Crippen molar-refractivity contribution in [1.29, 1.82) is 0 Å². The standard InChI is InChI=1S/C11H13N3S/c1-8-10(14-11(12)15-8)5-4-9-3-2-6-13-7-9/h2-3,6-7H,4-5H2,1H3,(H2,12,14). The van der Waals surface area contributed by atoms with Crippen molar-refractivity contribution >= 4 is 16.5 Å². The second-order valence-corrected chi connectivity index (χ2v) is 4.65. The molecule has 0 bridgehead atoms. The van der Waals surface area contributed by atoms with Crippen LogP contribution in [-0.2, 0) is 12.8 Å². The molecule has 0 aliphatic rings. The van der Waals surface area contributed by atoms with Crippen LogP contribution in [0.1, 0.15) is 16.1 Å². The third-order valence-electron chi connectivity index (χ3n) is 2.28. The molecule has 0 spiro atoms.